The van der Waals surface area contributed by atoms with Gasteiger partial charge in [-0.1, -0.05) is 19.4 Å². The predicted molar refractivity (Wildman–Crippen MR) is 82.6 cm³/mol. The second kappa shape index (κ2) is 7.24. The molecule has 2 rings (SSSR count). The summed E-state index contributed by atoms with van der Waals surface area (Å²) >= 11 is 0. The van der Waals surface area contributed by atoms with Crippen LogP contribution >= 0.6 is 0 Å². The zero-order valence-corrected chi connectivity index (χ0v) is 12.8. The van der Waals surface area contributed by atoms with E-state index in [1.54, 1.807) is 18.2 Å². The number of nitrogens with zero attached hydrogens (tertiary/aromatic N) is 1. The van der Waals surface area contributed by atoms with Gasteiger partial charge in [0.1, 0.15) is 0 Å². The molecule has 0 spiro atoms. The lowest BCUT2D eigenvalue weighted by molar-refractivity contribution is -0.714. The normalized spacial score (nSPS) is 23.1. The molecule has 1 aromatic rings. The van der Waals surface area contributed by atoms with Crippen LogP contribution in [0.25, 0.3) is 0 Å². The van der Waals surface area contributed by atoms with Crippen molar-refractivity contribution in [2.75, 3.05) is 5.32 Å². The standard InChI is InChI=1S/C17H23N3O/c1-12-6-3-4-9-16(12)19-13(2)17(21)20-15-8-5-7-14(10-15)11-18/h5,7-8,10,12-13,16,19H,3-4,6,9H2,1-2H3,(H,20,21)/p+1/t12-,13-,16-/m0/s1. The van der Waals surface area contributed by atoms with Gasteiger partial charge in [-0.25, -0.2) is 0 Å². The summed E-state index contributed by atoms with van der Waals surface area (Å²) < 4.78 is 0. The maximum absolute atomic E-state index is 12.3. The Kier molecular flexibility index (Phi) is 5.35. The highest BCUT2D eigenvalue weighted by atomic mass is 16.2. The quantitative estimate of drug-likeness (QED) is 0.889. The van der Waals surface area contributed by atoms with Crippen molar-refractivity contribution in [3.05, 3.63) is 29.8 Å². The van der Waals surface area contributed by atoms with Crippen molar-refractivity contribution in [2.45, 2.75) is 51.6 Å². The van der Waals surface area contributed by atoms with E-state index in [9.17, 15) is 4.79 Å². The monoisotopic (exact) mass is 286 g/mol. The molecular formula is C17H24N3O+. The Morgan fingerprint density at radius 1 is 1.43 bits per heavy atom. The first kappa shape index (κ1) is 15.5. The predicted octanol–water partition coefficient (Wildman–Crippen LogP) is 2.03. The van der Waals surface area contributed by atoms with Crippen molar-refractivity contribution in [3.63, 3.8) is 0 Å². The summed E-state index contributed by atoms with van der Waals surface area (Å²) in [6.45, 7) is 4.23. The van der Waals surface area contributed by atoms with Gasteiger partial charge in [-0.3, -0.25) is 4.79 Å². The summed E-state index contributed by atoms with van der Waals surface area (Å²) in [5.74, 6) is 0.679. The van der Waals surface area contributed by atoms with Crippen LogP contribution in [-0.2, 0) is 4.79 Å². The van der Waals surface area contributed by atoms with Crippen LogP contribution in [-0.4, -0.2) is 18.0 Å². The number of quaternary nitrogens is 1. The molecule has 0 radical (unpaired) electrons. The molecule has 4 heteroatoms. The Morgan fingerprint density at radius 2 is 2.19 bits per heavy atom. The molecule has 0 unspecified atom stereocenters. The van der Waals surface area contributed by atoms with Crippen LogP contribution in [0.2, 0.25) is 0 Å². The lowest BCUT2D eigenvalue weighted by Gasteiger charge is -2.28. The van der Waals surface area contributed by atoms with Crippen molar-refractivity contribution in [1.29, 1.82) is 5.26 Å². The number of benzene rings is 1. The van der Waals surface area contributed by atoms with E-state index in [1.165, 1.54) is 25.7 Å². The molecule has 0 heterocycles. The van der Waals surface area contributed by atoms with E-state index in [0.29, 0.717) is 23.2 Å². The fourth-order valence-electron chi connectivity index (χ4n) is 3.01. The molecule has 0 saturated heterocycles. The summed E-state index contributed by atoms with van der Waals surface area (Å²) in [5, 5.41) is 14.0. The Balaban J connectivity index is 1.91. The van der Waals surface area contributed by atoms with Crippen molar-refractivity contribution >= 4 is 11.6 Å². The smallest absolute Gasteiger partial charge is 0.282 e. The lowest BCUT2D eigenvalue weighted by atomic mass is 9.85. The van der Waals surface area contributed by atoms with Gasteiger partial charge in [-0.15, -0.1) is 0 Å². The van der Waals surface area contributed by atoms with Crippen LogP contribution in [0, 0.1) is 17.2 Å². The van der Waals surface area contributed by atoms with Crippen molar-refractivity contribution in [1.82, 2.24) is 0 Å². The lowest BCUT2D eigenvalue weighted by Crippen LogP contribution is -2.97. The second-order valence-corrected chi connectivity index (χ2v) is 6.09. The number of nitrogens with two attached hydrogens (primary N) is 1. The van der Waals surface area contributed by atoms with Gasteiger partial charge in [0.2, 0.25) is 0 Å². The summed E-state index contributed by atoms with van der Waals surface area (Å²) in [4.78, 5) is 12.3. The number of carbonyl (C=O) groups is 1. The molecule has 4 nitrogen and oxygen atoms in total. The zero-order valence-electron chi connectivity index (χ0n) is 12.8. The van der Waals surface area contributed by atoms with E-state index in [1.807, 2.05) is 13.0 Å². The summed E-state index contributed by atoms with van der Waals surface area (Å²) in [5.41, 5.74) is 1.25. The molecule has 1 aromatic carbocycles. The van der Waals surface area contributed by atoms with Gasteiger partial charge in [0.25, 0.3) is 5.91 Å². The Bertz CT molecular complexity index is 535. The molecule has 1 aliphatic rings. The third-order valence-corrected chi connectivity index (χ3v) is 4.39. The molecule has 1 amide bonds. The highest BCUT2D eigenvalue weighted by molar-refractivity contribution is 5.93. The minimum absolute atomic E-state index is 0.00265. The third-order valence-electron chi connectivity index (χ3n) is 4.39. The second-order valence-electron chi connectivity index (χ2n) is 6.09. The molecule has 1 fully saturated rings. The Morgan fingerprint density at radius 3 is 2.90 bits per heavy atom. The van der Waals surface area contributed by atoms with E-state index in [-0.39, 0.29) is 11.9 Å². The molecule has 3 atom stereocenters. The highest BCUT2D eigenvalue weighted by Gasteiger charge is 2.28. The topological polar surface area (TPSA) is 69.5 Å². The number of carbonyl (C=O) groups excluding carboxylic acids is 1. The molecule has 0 aromatic heterocycles. The van der Waals surface area contributed by atoms with Gasteiger partial charge in [-0.05, 0) is 44.4 Å². The van der Waals surface area contributed by atoms with E-state index < -0.39 is 0 Å². The zero-order chi connectivity index (χ0) is 15.2. The van der Waals surface area contributed by atoms with Gasteiger partial charge in [0, 0.05) is 11.6 Å². The fraction of sp³-hybridized carbons (Fsp3) is 0.529. The number of rotatable bonds is 4. The van der Waals surface area contributed by atoms with Crippen LogP contribution in [0.1, 0.15) is 45.1 Å². The SMILES string of the molecule is C[C@H]([NH2+][C@H]1CCCC[C@@H]1C)C(=O)Nc1cccc(C#N)c1. The highest BCUT2D eigenvalue weighted by Crippen LogP contribution is 2.21. The average Bonchev–Trinajstić information content (AvgIpc) is 2.49. The van der Waals surface area contributed by atoms with Crippen LogP contribution < -0.4 is 10.6 Å². The van der Waals surface area contributed by atoms with Crippen molar-refractivity contribution < 1.29 is 10.1 Å². The Hall–Kier alpha value is -1.86. The maximum atomic E-state index is 12.3. The van der Waals surface area contributed by atoms with E-state index in [2.05, 4.69) is 23.6 Å². The first-order chi connectivity index (χ1) is 10.1. The van der Waals surface area contributed by atoms with Gasteiger partial charge < -0.3 is 10.6 Å². The molecule has 21 heavy (non-hydrogen) atoms. The molecule has 1 saturated carbocycles. The van der Waals surface area contributed by atoms with E-state index in [0.717, 1.165) is 0 Å². The number of anilines is 1. The van der Waals surface area contributed by atoms with E-state index in [4.69, 9.17) is 5.26 Å². The van der Waals surface area contributed by atoms with E-state index >= 15 is 0 Å². The molecule has 112 valence electrons. The first-order valence-corrected chi connectivity index (χ1v) is 7.76. The molecule has 3 N–H and O–H groups in total. The van der Waals surface area contributed by atoms with Crippen LogP contribution in [0.4, 0.5) is 5.69 Å². The van der Waals surface area contributed by atoms with Gasteiger partial charge in [0.05, 0.1) is 17.7 Å². The molecule has 0 bridgehead atoms. The van der Waals surface area contributed by atoms with Crippen molar-refractivity contribution in [3.8, 4) is 6.07 Å². The van der Waals surface area contributed by atoms with Crippen molar-refractivity contribution in [2.24, 2.45) is 5.92 Å². The third kappa shape index (κ3) is 4.30. The number of hydrogen-bond acceptors (Lipinski definition) is 2. The molecular weight excluding hydrogens is 262 g/mol. The minimum Gasteiger partial charge on any atom is -0.334 e. The minimum atomic E-state index is -0.110. The van der Waals surface area contributed by atoms with Crippen LogP contribution in [0.15, 0.2) is 24.3 Å². The summed E-state index contributed by atoms with van der Waals surface area (Å²) in [6.07, 6.45) is 5.04. The number of nitrogens with one attached hydrogen (secondary N) is 1. The van der Waals surface area contributed by atoms with Crippen LogP contribution in [0.5, 0.6) is 0 Å². The maximum Gasteiger partial charge on any atom is 0.282 e. The number of amides is 1. The molecule has 1 aliphatic carbocycles. The summed E-state index contributed by atoms with van der Waals surface area (Å²) in [7, 11) is 0. The van der Waals surface area contributed by atoms with Gasteiger partial charge >= 0.3 is 0 Å². The van der Waals surface area contributed by atoms with Gasteiger partial charge in [-0.2, -0.15) is 5.26 Å². The van der Waals surface area contributed by atoms with Gasteiger partial charge in [0.15, 0.2) is 6.04 Å². The fourth-order valence-corrected chi connectivity index (χ4v) is 3.01. The number of hydrogen-bond donors (Lipinski definition) is 2. The first-order valence-electron chi connectivity index (χ1n) is 7.76. The largest absolute Gasteiger partial charge is 0.334 e. The average molecular weight is 286 g/mol. The summed E-state index contributed by atoms with van der Waals surface area (Å²) in [6, 6.07) is 9.55. The number of nitriles is 1. The van der Waals surface area contributed by atoms with Crippen LogP contribution in [0.3, 0.4) is 0 Å². The molecule has 0 aliphatic heterocycles. The Labute approximate surface area is 126 Å².